The molecule has 1 aromatic carbocycles. The lowest BCUT2D eigenvalue weighted by Gasteiger charge is -2.40. The number of anilines is 1. The number of ether oxygens (including phenoxy) is 1. The molecule has 2 saturated heterocycles. The quantitative estimate of drug-likeness (QED) is 0.570. The number of nitro benzene ring substituents is 1. The first-order valence-electron chi connectivity index (χ1n) is 8.61. The molecule has 0 saturated carbocycles. The van der Waals surface area contributed by atoms with Crippen LogP contribution in [0.25, 0.3) is 0 Å². The molecule has 2 aliphatic heterocycles. The summed E-state index contributed by atoms with van der Waals surface area (Å²) in [6, 6.07) is 3.95. The number of methoxy groups -OCH3 is 1. The van der Waals surface area contributed by atoms with Gasteiger partial charge in [0, 0.05) is 31.3 Å². The summed E-state index contributed by atoms with van der Waals surface area (Å²) in [5.41, 5.74) is 0.802. The van der Waals surface area contributed by atoms with Gasteiger partial charge < -0.3 is 14.5 Å². The SMILES string of the molecule is COc1cc(N2CCC(N3CCCCC3)CC2)c([N+](=O)[O-])cc1Br. The lowest BCUT2D eigenvalue weighted by Crippen LogP contribution is -2.46. The van der Waals surface area contributed by atoms with E-state index in [9.17, 15) is 10.1 Å². The third kappa shape index (κ3) is 3.67. The minimum absolute atomic E-state index is 0.138. The van der Waals surface area contributed by atoms with Crippen LogP contribution in [0.3, 0.4) is 0 Å². The predicted octanol–water partition coefficient (Wildman–Crippen LogP) is 3.82. The smallest absolute Gasteiger partial charge is 0.293 e. The van der Waals surface area contributed by atoms with Crippen molar-refractivity contribution in [1.82, 2.24) is 4.90 Å². The molecule has 132 valence electrons. The lowest BCUT2D eigenvalue weighted by atomic mass is 9.99. The van der Waals surface area contributed by atoms with Crippen LogP contribution in [0, 0.1) is 10.1 Å². The highest BCUT2D eigenvalue weighted by atomic mass is 79.9. The molecule has 24 heavy (non-hydrogen) atoms. The standard InChI is InChI=1S/C17H24BrN3O3/c1-24-17-12-15(16(21(22)23)11-14(17)18)20-9-5-13(6-10-20)19-7-3-2-4-8-19/h11-13H,2-10H2,1H3. The molecule has 0 bridgehead atoms. The minimum Gasteiger partial charge on any atom is -0.495 e. The van der Waals surface area contributed by atoms with Gasteiger partial charge in [-0.15, -0.1) is 0 Å². The molecular weight excluding hydrogens is 374 g/mol. The second-order valence-electron chi connectivity index (χ2n) is 6.55. The Morgan fingerprint density at radius 2 is 1.83 bits per heavy atom. The molecule has 2 aliphatic rings. The Morgan fingerprint density at radius 1 is 1.17 bits per heavy atom. The Hall–Kier alpha value is -1.34. The van der Waals surface area contributed by atoms with Gasteiger partial charge in [0.1, 0.15) is 11.4 Å². The molecule has 0 spiro atoms. The lowest BCUT2D eigenvalue weighted by molar-refractivity contribution is -0.384. The molecule has 0 amide bonds. The third-order valence-electron chi connectivity index (χ3n) is 5.16. The Labute approximate surface area is 151 Å². The Morgan fingerprint density at radius 3 is 2.42 bits per heavy atom. The molecule has 2 fully saturated rings. The van der Waals surface area contributed by atoms with E-state index in [0.717, 1.165) is 25.9 Å². The molecule has 2 heterocycles. The van der Waals surface area contributed by atoms with E-state index < -0.39 is 0 Å². The van der Waals surface area contributed by atoms with Crippen LogP contribution in [0.2, 0.25) is 0 Å². The second-order valence-corrected chi connectivity index (χ2v) is 7.40. The number of piperidine rings is 2. The zero-order valence-electron chi connectivity index (χ0n) is 14.0. The number of rotatable bonds is 4. The Bertz CT molecular complexity index is 597. The number of halogens is 1. The van der Waals surface area contributed by atoms with Gasteiger partial charge in [-0.1, -0.05) is 6.42 Å². The van der Waals surface area contributed by atoms with Crippen LogP contribution >= 0.6 is 15.9 Å². The van der Waals surface area contributed by atoms with Crippen LogP contribution in [0.5, 0.6) is 5.75 Å². The highest BCUT2D eigenvalue weighted by Gasteiger charge is 2.29. The summed E-state index contributed by atoms with van der Waals surface area (Å²) < 4.78 is 5.94. The van der Waals surface area contributed by atoms with E-state index in [1.54, 1.807) is 19.2 Å². The first-order chi connectivity index (χ1) is 11.6. The number of hydrogen-bond acceptors (Lipinski definition) is 5. The number of likely N-dealkylation sites (tertiary alicyclic amines) is 1. The first kappa shape index (κ1) is 17.5. The summed E-state index contributed by atoms with van der Waals surface area (Å²) >= 11 is 3.34. The van der Waals surface area contributed by atoms with Crippen LogP contribution in [-0.4, -0.2) is 49.2 Å². The molecule has 3 rings (SSSR count). The number of nitro groups is 1. The Balaban J connectivity index is 1.74. The highest BCUT2D eigenvalue weighted by molar-refractivity contribution is 9.10. The van der Waals surface area contributed by atoms with Gasteiger partial charge in [-0.25, -0.2) is 0 Å². The third-order valence-corrected chi connectivity index (χ3v) is 5.78. The number of benzene rings is 1. The van der Waals surface area contributed by atoms with Gasteiger partial charge in [0.2, 0.25) is 0 Å². The summed E-state index contributed by atoms with van der Waals surface area (Å²) in [6.07, 6.45) is 6.08. The van der Waals surface area contributed by atoms with Crippen molar-refractivity contribution in [3.63, 3.8) is 0 Å². The van der Waals surface area contributed by atoms with Crippen LogP contribution in [0.15, 0.2) is 16.6 Å². The molecule has 1 aromatic rings. The van der Waals surface area contributed by atoms with Crippen molar-refractivity contribution in [2.45, 2.75) is 38.1 Å². The van der Waals surface area contributed by atoms with E-state index in [1.165, 1.54) is 32.4 Å². The average Bonchev–Trinajstić information content (AvgIpc) is 2.62. The molecule has 7 heteroatoms. The van der Waals surface area contributed by atoms with Crippen molar-refractivity contribution >= 4 is 27.3 Å². The van der Waals surface area contributed by atoms with Gasteiger partial charge >= 0.3 is 0 Å². The van der Waals surface area contributed by atoms with E-state index in [2.05, 4.69) is 25.7 Å². The van der Waals surface area contributed by atoms with Crippen molar-refractivity contribution in [2.24, 2.45) is 0 Å². The van der Waals surface area contributed by atoms with Crippen molar-refractivity contribution in [2.75, 3.05) is 38.2 Å². The van der Waals surface area contributed by atoms with Gasteiger partial charge in [-0.3, -0.25) is 10.1 Å². The average molecular weight is 398 g/mol. The van der Waals surface area contributed by atoms with Crippen LogP contribution in [-0.2, 0) is 0 Å². The fourth-order valence-corrected chi connectivity index (χ4v) is 4.34. The Kier molecular flexibility index (Phi) is 5.61. The predicted molar refractivity (Wildman–Crippen MR) is 98.0 cm³/mol. The van der Waals surface area contributed by atoms with Gasteiger partial charge in [0.25, 0.3) is 5.69 Å². The summed E-state index contributed by atoms with van der Waals surface area (Å²) in [4.78, 5) is 15.9. The maximum absolute atomic E-state index is 11.4. The highest BCUT2D eigenvalue weighted by Crippen LogP contribution is 2.39. The molecule has 0 N–H and O–H groups in total. The number of nitrogens with zero attached hydrogens (tertiary/aromatic N) is 3. The molecule has 0 radical (unpaired) electrons. The largest absolute Gasteiger partial charge is 0.495 e. The summed E-state index contributed by atoms with van der Waals surface area (Å²) in [7, 11) is 1.58. The van der Waals surface area contributed by atoms with Gasteiger partial charge in [0.15, 0.2) is 0 Å². The number of hydrogen-bond donors (Lipinski definition) is 0. The zero-order chi connectivity index (χ0) is 17.1. The zero-order valence-corrected chi connectivity index (χ0v) is 15.6. The van der Waals surface area contributed by atoms with E-state index in [-0.39, 0.29) is 10.6 Å². The summed E-state index contributed by atoms with van der Waals surface area (Å²) in [6.45, 7) is 4.12. The fraction of sp³-hybridized carbons (Fsp3) is 0.647. The second kappa shape index (κ2) is 7.70. The van der Waals surface area contributed by atoms with Gasteiger partial charge in [-0.05, 0) is 54.7 Å². The maximum Gasteiger partial charge on any atom is 0.293 e. The maximum atomic E-state index is 11.4. The van der Waals surface area contributed by atoms with Crippen molar-refractivity contribution in [3.8, 4) is 5.75 Å². The van der Waals surface area contributed by atoms with Crippen LogP contribution < -0.4 is 9.64 Å². The minimum atomic E-state index is -0.309. The van der Waals surface area contributed by atoms with E-state index in [1.807, 2.05) is 0 Å². The van der Waals surface area contributed by atoms with Crippen molar-refractivity contribution < 1.29 is 9.66 Å². The van der Waals surface area contributed by atoms with Crippen molar-refractivity contribution in [3.05, 3.63) is 26.7 Å². The summed E-state index contributed by atoms with van der Waals surface area (Å²) in [5.74, 6) is 0.633. The van der Waals surface area contributed by atoms with Gasteiger partial charge in [-0.2, -0.15) is 0 Å². The van der Waals surface area contributed by atoms with E-state index in [0.29, 0.717) is 22.0 Å². The molecule has 0 unspecified atom stereocenters. The van der Waals surface area contributed by atoms with Crippen LogP contribution in [0.1, 0.15) is 32.1 Å². The normalized spacial score (nSPS) is 20.2. The molecule has 0 aromatic heterocycles. The summed E-state index contributed by atoms with van der Waals surface area (Å²) in [5, 5.41) is 11.4. The first-order valence-corrected chi connectivity index (χ1v) is 9.40. The van der Waals surface area contributed by atoms with Gasteiger partial charge in [0.05, 0.1) is 16.5 Å². The van der Waals surface area contributed by atoms with E-state index in [4.69, 9.17) is 4.74 Å². The molecule has 6 nitrogen and oxygen atoms in total. The molecule has 0 atom stereocenters. The molecule has 0 aliphatic carbocycles. The topological polar surface area (TPSA) is 58.8 Å². The monoisotopic (exact) mass is 397 g/mol. The fourth-order valence-electron chi connectivity index (χ4n) is 3.84. The van der Waals surface area contributed by atoms with Crippen LogP contribution in [0.4, 0.5) is 11.4 Å². The molecular formula is C17H24BrN3O3. The van der Waals surface area contributed by atoms with Crippen molar-refractivity contribution in [1.29, 1.82) is 0 Å². The van der Waals surface area contributed by atoms with E-state index >= 15 is 0 Å².